The Kier molecular flexibility index (Phi) is 8.29. The van der Waals surface area contributed by atoms with Gasteiger partial charge in [-0.2, -0.15) is 0 Å². The fourth-order valence-corrected chi connectivity index (χ4v) is 3.36. The predicted octanol–water partition coefficient (Wildman–Crippen LogP) is 1.94. The molecule has 28 heavy (non-hydrogen) atoms. The van der Waals surface area contributed by atoms with E-state index < -0.39 is 0 Å². The first-order chi connectivity index (χ1) is 13.4. The Morgan fingerprint density at radius 2 is 1.71 bits per heavy atom. The molecule has 0 atom stereocenters. The van der Waals surface area contributed by atoms with Crippen molar-refractivity contribution in [1.82, 2.24) is 20.0 Å². The van der Waals surface area contributed by atoms with Gasteiger partial charge in [0.1, 0.15) is 0 Å². The SMILES string of the molecule is CN(C)C(=O)NCC(=O)N1CCC(CCC(=O)N(C)Cc2ccccc2)CC1. The van der Waals surface area contributed by atoms with Crippen LogP contribution in [0.4, 0.5) is 4.79 Å². The number of nitrogens with one attached hydrogen (secondary N) is 1. The third-order valence-corrected chi connectivity index (χ3v) is 5.22. The summed E-state index contributed by atoms with van der Waals surface area (Å²) in [5, 5.41) is 2.61. The summed E-state index contributed by atoms with van der Waals surface area (Å²) >= 11 is 0. The van der Waals surface area contributed by atoms with Crippen molar-refractivity contribution < 1.29 is 14.4 Å². The molecule has 7 nitrogen and oxygen atoms in total. The smallest absolute Gasteiger partial charge is 0.317 e. The lowest BCUT2D eigenvalue weighted by Gasteiger charge is -2.32. The van der Waals surface area contributed by atoms with Gasteiger partial charge in [-0.3, -0.25) is 9.59 Å². The maximum atomic E-state index is 12.4. The van der Waals surface area contributed by atoms with Crippen molar-refractivity contribution in [3.63, 3.8) is 0 Å². The second-order valence-electron chi connectivity index (χ2n) is 7.65. The highest BCUT2D eigenvalue weighted by atomic mass is 16.2. The Labute approximate surface area is 167 Å². The lowest BCUT2D eigenvalue weighted by Crippen LogP contribution is -2.46. The molecule has 1 N–H and O–H groups in total. The number of likely N-dealkylation sites (tertiary alicyclic amines) is 1. The number of carbonyl (C=O) groups excluding carboxylic acids is 3. The molecule has 154 valence electrons. The van der Waals surface area contributed by atoms with Crippen molar-refractivity contribution in [2.75, 3.05) is 40.8 Å². The summed E-state index contributed by atoms with van der Waals surface area (Å²) in [4.78, 5) is 41.1. The van der Waals surface area contributed by atoms with Crippen molar-refractivity contribution in [1.29, 1.82) is 0 Å². The average Bonchev–Trinajstić information content (AvgIpc) is 2.70. The van der Waals surface area contributed by atoms with Crippen molar-refractivity contribution >= 4 is 17.8 Å². The first-order valence-corrected chi connectivity index (χ1v) is 9.87. The number of hydrogen-bond acceptors (Lipinski definition) is 3. The van der Waals surface area contributed by atoms with Crippen LogP contribution in [0, 0.1) is 5.92 Å². The summed E-state index contributed by atoms with van der Waals surface area (Å²) in [6, 6.07) is 9.72. The second kappa shape index (κ2) is 10.7. The van der Waals surface area contributed by atoms with E-state index in [1.54, 1.807) is 23.9 Å². The quantitative estimate of drug-likeness (QED) is 0.776. The van der Waals surface area contributed by atoms with Crippen molar-refractivity contribution in [2.45, 2.75) is 32.2 Å². The summed E-state index contributed by atoms with van der Waals surface area (Å²) in [6.45, 7) is 2.04. The minimum absolute atomic E-state index is 0.0322. The molecule has 2 rings (SSSR count). The zero-order valence-electron chi connectivity index (χ0n) is 17.2. The molecule has 1 aliphatic rings. The molecule has 1 heterocycles. The van der Waals surface area contributed by atoms with E-state index >= 15 is 0 Å². The highest BCUT2D eigenvalue weighted by molar-refractivity contribution is 5.83. The molecule has 0 unspecified atom stereocenters. The number of benzene rings is 1. The zero-order chi connectivity index (χ0) is 20.5. The van der Waals surface area contributed by atoms with Crippen LogP contribution >= 0.6 is 0 Å². The van der Waals surface area contributed by atoms with Gasteiger partial charge in [0, 0.05) is 47.2 Å². The molecule has 1 aliphatic heterocycles. The van der Waals surface area contributed by atoms with Gasteiger partial charge in [-0.1, -0.05) is 30.3 Å². The minimum Gasteiger partial charge on any atom is -0.341 e. The van der Waals surface area contributed by atoms with E-state index in [0.717, 1.165) is 24.8 Å². The standard InChI is InChI=1S/C21H32N4O3/c1-23(2)21(28)22-15-20(27)25-13-11-17(12-14-25)9-10-19(26)24(3)16-18-7-5-4-6-8-18/h4-8,17H,9-16H2,1-3H3,(H,22,28). The third-order valence-electron chi connectivity index (χ3n) is 5.22. The van der Waals surface area contributed by atoms with Gasteiger partial charge in [0.15, 0.2) is 0 Å². The number of rotatable bonds is 7. The van der Waals surface area contributed by atoms with Crippen molar-refractivity contribution in [3.05, 3.63) is 35.9 Å². The maximum Gasteiger partial charge on any atom is 0.317 e. The molecule has 4 amide bonds. The van der Waals surface area contributed by atoms with Crippen LogP contribution in [0.15, 0.2) is 30.3 Å². The van der Waals surface area contributed by atoms with Crippen LogP contribution in [0.1, 0.15) is 31.2 Å². The van der Waals surface area contributed by atoms with Gasteiger partial charge in [0.25, 0.3) is 0 Å². The normalized spacial score (nSPS) is 14.5. The molecular weight excluding hydrogens is 356 g/mol. The van der Waals surface area contributed by atoms with Gasteiger partial charge in [-0.05, 0) is 30.7 Å². The van der Waals surface area contributed by atoms with E-state index in [1.807, 2.05) is 37.4 Å². The molecule has 0 saturated carbocycles. The predicted molar refractivity (Wildman–Crippen MR) is 109 cm³/mol. The molecule has 0 bridgehead atoms. The summed E-state index contributed by atoms with van der Waals surface area (Å²) in [5.41, 5.74) is 1.13. The average molecular weight is 389 g/mol. The molecule has 1 fully saturated rings. The number of urea groups is 1. The summed E-state index contributed by atoms with van der Waals surface area (Å²) < 4.78 is 0. The molecule has 0 radical (unpaired) electrons. The van der Waals surface area contributed by atoms with Crippen LogP contribution in [0.5, 0.6) is 0 Å². The van der Waals surface area contributed by atoms with Crippen molar-refractivity contribution in [2.24, 2.45) is 5.92 Å². The van der Waals surface area contributed by atoms with E-state index in [9.17, 15) is 14.4 Å². The Balaban J connectivity index is 1.66. The number of carbonyl (C=O) groups is 3. The molecular formula is C21H32N4O3. The van der Waals surface area contributed by atoms with Gasteiger partial charge in [0.2, 0.25) is 11.8 Å². The van der Waals surface area contributed by atoms with E-state index in [0.29, 0.717) is 32.0 Å². The van der Waals surface area contributed by atoms with Gasteiger partial charge < -0.3 is 20.0 Å². The van der Waals surface area contributed by atoms with Gasteiger partial charge in [0.05, 0.1) is 6.54 Å². The number of amides is 4. The summed E-state index contributed by atoms with van der Waals surface area (Å²) in [5.74, 6) is 0.579. The molecule has 0 spiro atoms. The zero-order valence-corrected chi connectivity index (χ0v) is 17.2. The Hall–Kier alpha value is -2.57. The van der Waals surface area contributed by atoms with Crippen LogP contribution in [0.2, 0.25) is 0 Å². The third kappa shape index (κ3) is 6.87. The Morgan fingerprint density at radius 3 is 2.32 bits per heavy atom. The lowest BCUT2D eigenvalue weighted by atomic mass is 9.92. The summed E-state index contributed by atoms with van der Waals surface area (Å²) in [6.07, 6.45) is 3.21. The first-order valence-electron chi connectivity index (χ1n) is 9.87. The fourth-order valence-electron chi connectivity index (χ4n) is 3.36. The van der Waals surface area contributed by atoms with E-state index in [-0.39, 0.29) is 24.4 Å². The van der Waals surface area contributed by atoms with Gasteiger partial charge in [-0.25, -0.2) is 4.79 Å². The van der Waals surface area contributed by atoms with E-state index in [4.69, 9.17) is 0 Å². The highest BCUT2D eigenvalue weighted by Crippen LogP contribution is 2.22. The summed E-state index contributed by atoms with van der Waals surface area (Å²) in [7, 11) is 5.13. The van der Waals surface area contributed by atoms with Gasteiger partial charge in [-0.15, -0.1) is 0 Å². The second-order valence-corrected chi connectivity index (χ2v) is 7.65. The molecule has 0 aromatic heterocycles. The fraction of sp³-hybridized carbons (Fsp3) is 0.571. The van der Waals surface area contributed by atoms with E-state index in [1.165, 1.54) is 4.90 Å². The van der Waals surface area contributed by atoms with Crippen LogP contribution in [0.25, 0.3) is 0 Å². The van der Waals surface area contributed by atoms with Crippen LogP contribution < -0.4 is 5.32 Å². The molecule has 1 aromatic carbocycles. The topological polar surface area (TPSA) is 73.0 Å². The lowest BCUT2D eigenvalue weighted by molar-refractivity contribution is -0.133. The van der Waals surface area contributed by atoms with E-state index in [2.05, 4.69) is 5.32 Å². The molecule has 0 aliphatic carbocycles. The largest absolute Gasteiger partial charge is 0.341 e. The molecule has 1 saturated heterocycles. The number of nitrogens with zero attached hydrogens (tertiary/aromatic N) is 3. The van der Waals surface area contributed by atoms with Crippen molar-refractivity contribution in [3.8, 4) is 0 Å². The van der Waals surface area contributed by atoms with Crippen LogP contribution in [-0.4, -0.2) is 73.3 Å². The number of piperidine rings is 1. The maximum absolute atomic E-state index is 12.4. The monoisotopic (exact) mass is 388 g/mol. The molecule has 1 aromatic rings. The number of hydrogen-bond donors (Lipinski definition) is 1. The van der Waals surface area contributed by atoms with Crippen LogP contribution in [0.3, 0.4) is 0 Å². The van der Waals surface area contributed by atoms with Crippen LogP contribution in [-0.2, 0) is 16.1 Å². The highest BCUT2D eigenvalue weighted by Gasteiger charge is 2.24. The van der Waals surface area contributed by atoms with Gasteiger partial charge >= 0.3 is 6.03 Å². The Morgan fingerprint density at radius 1 is 1.07 bits per heavy atom. The Bertz CT molecular complexity index is 655. The minimum atomic E-state index is -0.263. The first kappa shape index (κ1) is 21.7. The molecule has 7 heteroatoms.